The van der Waals surface area contributed by atoms with E-state index in [0.717, 1.165) is 34.0 Å². The maximum Gasteiger partial charge on any atom is 0.174 e. The number of anilines is 1. The number of phenols is 1. The molecular formula is C29H29ClN4O3S. The summed E-state index contributed by atoms with van der Waals surface area (Å²) in [5.41, 5.74) is 5.49. The standard InChI is InChI=1S/C29H29ClN4O3S/c1-18-16-21(19(2)33(18)24-9-4-5-10-25(24)35)28-27(23-8-6-7-13-31-23)32-29(38)34(28)20-11-12-26(22(30)17-20)37-15-14-36-3/h4-13,16-17,27-28,35H,14-15H2,1-3H3,(H,32,38). The van der Waals surface area contributed by atoms with Gasteiger partial charge in [-0.25, -0.2) is 0 Å². The number of aryl methyl sites for hydroxylation is 1. The number of hydrogen-bond donors (Lipinski definition) is 2. The van der Waals surface area contributed by atoms with Gasteiger partial charge < -0.3 is 29.4 Å². The Labute approximate surface area is 232 Å². The van der Waals surface area contributed by atoms with Crippen molar-refractivity contribution in [3.8, 4) is 17.2 Å². The number of pyridine rings is 1. The molecule has 7 nitrogen and oxygen atoms in total. The maximum atomic E-state index is 10.6. The smallest absolute Gasteiger partial charge is 0.174 e. The van der Waals surface area contributed by atoms with Gasteiger partial charge in [-0.3, -0.25) is 4.98 Å². The summed E-state index contributed by atoms with van der Waals surface area (Å²) in [4.78, 5) is 6.73. The van der Waals surface area contributed by atoms with E-state index in [1.165, 1.54) is 0 Å². The van der Waals surface area contributed by atoms with Crippen LogP contribution in [0.3, 0.4) is 0 Å². The second-order valence-corrected chi connectivity index (χ2v) is 9.90. The number of nitrogens with zero attached hydrogens (tertiary/aromatic N) is 3. The normalized spacial score (nSPS) is 17.1. The van der Waals surface area contributed by atoms with Crippen LogP contribution in [0.4, 0.5) is 5.69 Å². The largest absolute Gasteiger partial charge is 0.506 e. The third-order valence-electron chi connectivity index (χ3n) is 6.75. The Morgan fingerprint density at radius 2 is 1.84 bits per heavy atom. The topological polar surface area (TPSA) is 71.8 Å². The van der Waals surface area contributed by atoms with Crippen LogP contribution in [-0.4, -0.2) is 40.1 Å². The quantitative estimate of drug-likeness (QED) is 0.205. The number of nitrogens with one attached hydrogen (secondary N) is 1. The van der Waals surface area contributed by atoms with Gasteiger partial charge in [0.1, 0.15) is 18.1 Å². The Balaban J connectivity index is 1.61. The van der Waals surface area contributed by atoms with Crippen LogP contribution in [0.15, 0.2) is 72.9 Å². The molecule has 1 fully saturated rings. The molecule has 2 unspecified atom stereocenters. The number of aromatic hydroxyl groups is 1. The highest BCUT2D eigenvalue weighted by Gasteiger charge is 2.42. The third kappa shape index (κ3) is 4.82. The summed E-state index contributed by atoms with van der Waals surface area (Å²) in [7, 11) is 1.63. The van der Waals surface area contributed by atoms with Crippen LogP contribution in [0.2, 0.25) is 5.02 Å². The number of phenolic OH excluding ortho intramolecular Hbond substituents is 1. The molecular weight excluding hydrogens is 520 g/mol. The van der Waals surface area contributed by atoms with E-state index in [9.17, 15) is 5.11 Å². The molecule has 0 saturated carbocycles. The molecule has 5 rings (SSSR count). The van der Waals surface area contributed by atoms with Crippen molar-refractivity contribution in [3.05, 3.63) is 101 Å². The number of hydrogen-bond acceptors (Lipinski definition) is 5. The van der Waals surface area contributed by atoms with Gasteiger partial charge in [0.05, 0.1) is 35.1 Å². The summed E-state index contributed by atoms with van der Waals surface area (Å²) in [6, 6.07) is 20.6. The molecule has 1 aliphatic rings. The maximum absolute atomic E-state index is 10.6. The van der Waals surface area contributed by atoms with E-state index in [1.54, 1.807) is 19.4 Å². The van der Waals surface area contributed by atoms with Gasteiger partial charge in [-0.05, 0) is 80.2 Å². The predicted octanol–water partition coefficient (Wildman–Crippen LogP) is 6.05. The third-order valence-corrected chi connectivity index (χ3v) is 7.36. The number of rotatable bonds is 8. The van der Waals surface area contributed by atoms with Crippen molar-refractivity contribution < 1.29 is 14.6 Å². The second-order valence-electron chi connectivity index (χ2n) is 9.10. The average Bonchev–Trinajstić information content (AvgIpc) is 3.41. The summed E-state index contributed by atoms with van der Waals surface area (Å²) in [5, 5.41) is 15.2. The molecule has 0 bridgehead atoms. The average molecular weight is 549 g/mol. The van der Waals surface area contributed by atoms with Crippen LogP contribution in [0, 0.1) is 13.8 Å². The number of ether oxygens (including phenoxy) is 2. The molecule has 0 amide bonds. The lowest BCUT2D eigenvalue weighted by Crippen LogP contribution is -2.29. The molecule has 2 aromatic heterocycles. The Kier molecular flexibility index (Phi) is 7.56. The molecule has 2 N–H and O–H groups in total. The molecule has 196 valence electrons. The fourth-order valence-electron chi connectivity index (χ4n) is 5.05. The van der Waals surface area contributed by atoms with E-state index in [-0.39, 0.29) is 17.8 Å². The minimum Gasteiger partial charge on any atom is -0.506 e. The molecule has 0 spiro atoms. The summed E-state index contributed by atoms with van der Waals surface area (Å²) < 4.78 is 12.9. The van der Waals surface area contributed by atoms with Crippen LogP contribution in [-0.2, 0) is 4.74 Å². The summed E-state index contributed by atoms with van der Waals surface area (Å²) in [5.74, 6) is 0.802. The SMILES string of the molecule is COCCOc1ccc(N2C(=S)NC(c3ccccn3)C2c2cc(C)n(-c3ccccc3O)c2C)cc1Cl. The van der Waals surface area contributed by atoms with Crippen LogP contribution in [0.25, 0.3) is 5.69 Å². The Hall–Kier alpha value is -3.59. The Morgan fingerprint density at radius 3 is 2.55 bits per heavy atom. The molecule has 2 atom stereocenters. The number of thiocarbonyl (C=S) groups is 1. The van der Waals surface area contributed by atoms with Gasteiger partial charge in [-0.15, -0.1) is 0 Å². The van der Waals surface area contributed by atoms with Crippen molar-refractivity contribution in [1.82, 2.24) is 14.9 Å². The molecule has 3 heterocycles. The van der Waals surface area contributed by atoms with Crippen LogP contribution < -0.4 is 15.0 Å². The number of halogens is 1. The predicted molar refractivity (Wildman–Crippen MR) is 154 cm³/mol. The van der Waals surface area contributed by atoms with Gasteiger partial charge >= 0.3 is 0 Å². The van der Waals surface area contributed by atoms with Gasteiger partial charge in [0, 0.05) is 30.4 Å². The molecule has 1 saturated heterocycles. The first-order chi connectivity index (χ1) is 18.4. The fourth-order valence-corrected chi connectivity index (χ4v) is 5.63. The van der Waals surface area contributed by atoms with Crippen molar-refractivity contribution in [3.63, 3.8) is 0 Å². The molecule has 4 aromatic rings. The summed E-state index contributed by atoms with van der Waals surface area (Å²) in [6.07, 6.45) is 1.79. The zero-order chi connectivity index (χ0) is 26.8. The molecule has 2 aromatic carbocycles. The number of benzene rings is 2. The number of methoxy groups -OCH3 is 1. The lowest BCUT2D eigenvalue weighted by Gasteiger charge is -2.28. The fraction of sp³-hybridized carbons (Fsp3) is 0.241. The molecule has 1 aliphatic heterocycles. The van der Waals surface area contributed by atoms with Crippen LogP contribution in [0.5, 0.6) is 11.5 Å². The lowest BCUT2D eigenvalue weighted by atomic mass is 9.96. The highest BCUT2D eigenvalue weighted by atomic mass is 35.5. The van der Waals surface area contributed by atoms with Crippen molar-refractivity contribution in [2.45, 2.75) is 25.9 Å². The molecule has 0 aliphatic carbocycles. The summed E-state index contributed by atoms with van der Waals surface area (Å²) in [6.45, 7) is 4.97. The first kappa shape index (κ1) is 26.0. The van der Waals surface area contributed by atoms with E-state index in [2.05, 4.69) is 32.8 Å². The molecule has 38 heavy (non-hydrogen) atoms. The number of aromatic nitrogens is 2. The van der Waals surface area contributed by atoms with Crippen molar-refractivity contribution >= 4 is 34.6 Å². The van der Waals surface area contributed by atoms with Crippen molar-refractivity contribution in [1.29, 1.82) is 0 Å². The van der Waals surface area contributed by atoms with E-state index in [4.69, 9.17) is 33.3 Å². The minimum atomic E-state index is -0.223. The highest BCUT2D eigenvalue weighted by molar-refractivity contribution is 7.80. The van der Waals surface area contributed by atoms with Crippen LogP contribution >= 0.6 is 23.8 Å². The molecule has 0 radical (unpaired) electrons. The highest BCUT2D eigenvalue weighted by Crippen LogP contribution is 2.45. The van der Waals surface area contributed by atoms with E-state index in [0.29, 0.717) is 29.1 Å². The van der Waals surface area contributed by atoms with E-state index >= 15 is 0 Å². The number of para-hydroxylation sites is 2. The van der Waals surface area contributed by atoms with Gasteiger partial charge in [0.15, 0.2) is 5.11 Å². The Bertz CT molecular complexity index is 1460. The molecule has 9 heteroatoms. The van der Waals surface area contributed by atoms with Gasteiger partial charge in [0.2, 0.25) is 0 Å². The van der Waals surface area contributed by atoms with Gasteiger partial charge in [-0.2, -0.15) is 0 Å². The van der Waals surface area contributed by atoms with Crippen molar-refractivity contribution in [2.24, 2.45) is 0 Å². The summed E-state index contributed by atoms with van der Waals surface area (Å²) >= 11 is 12.5. The Morgan fingerprint density at radius 1 is 1.05 bits per heavy atom. The first-order valence-electron chi connectivity index (χ1n) is 12.3. The first-order valence-corrected chi connectivity index (χ1v) is 13.1. The monoisotopic (exact) mass is 548 g/mol. The second kappa shape index (κ2) is 11.0. The van der Waals surface area contributed by atoms with E-state index < -0.39 is 0 Å². The van der Waals surface area contributed by atoms with E-state index in [1.807, 2.05) is 61.5 Å². The van der Waals surface area contributed by atoms with Crippen molar-refractivity contribution in [2.75, 3.05) is 25.2 Å². The van der Waals surface area contributed by atoms with Crippen LogP contribution in [0.1, 0.15) is 34.7 Å². The van der Waals surface area contributed by atoms with Gasteiger partial charge in [0.25, 0.3) is 0 Å². The zero-order valence-corrected chi connectivity index (χ0v) is 23.0. The zero-order valence-electron chi connectivity index (χ0n) is 21.4. The minimum absolute atomic E-state index is 0.210. The van der Waals surface area contributed by atoms with Gasteiger partial charge in [-0.1, -0.05) is 29.8 Å². The lowest BCUT2D eigenvalue weighted by molar-refractivity contribution is 0.146.